The summed E-state index contributed by atoms with van der Waals surface area (Å²) in [5.74, 6) is 1.17. The van der Waals surface area contributed by atoms with E-state index in [1.165, 1.54) is 0 Å². The standard InChI is InChI=1S/C21H17N5O3.ClH/c27-24-18-11-21(19-13-26-6-1-2-15(26)12-23-19)29-20-4-3-16(10-17(18)20)28-9-8-25-7-5-22-14-25;/h1-7,10-14,27H,8-9H2;1H. The highest BCUT2D eigenvalue weighted by atomic mass is 35.5. The lowest BCUT2D eigenvalue weighted by atomic mass is 10.2. The number of benzene rings is 1. The predicted octanol–water partition coefficient (Wildman–Crippen LogP) is 3.73. The summed E-state index contributed by atoms with van der Waals surface area (Å²) >= 11 is 0. The first-order valence-electron chi connectivity index (χ1n) is 9.08. The highest BCUT2D eigenvalue weighted by Crippen LogP contribution is 2.24. The van der Waals surface area contributed by atoms with E-state index in [2.05, 4.69) is 15.1 Å². The van der Waals surface area contributed by atoms with Crippen LogP contribution in [0.1, 0.15) is 0 Å². The Kier molecular flexibility index (Phi) is 5.40. The number of ether oxygens (including phenoxy) is 1. The van der Waals surface area contributed by atoms with Crippen molar-refractivity contribution in [2.75, 3.05) is 6.61 Å². The van der Waals surface area contributed by atoms with Crippen molar-refractivity contribution in [1.29, 1.82) is 0 Å². The number of imidazole rings is 1. The van der Waals surface area contributed by atoms with Crippen molar-refractivity contribution >= 4 is 28.9 Å². The van der Waals surface area contributed by atoms with Gasteiger partial charge >= 0.3 is 0 Å². The fourth-order valence-corrected chi connectivity index (χ4v) is 3.20. The van der Waals surface area contributed by atoms with E-state index in [0.29, 0.717) is 46.7 Å². The number of hydrogen-bond donors (Lipinski definition) is 1. The first-order chi connectivity index (χ1) is 14.3. The normalized spacial score (nSPS) is 11.7. The van der Waals surface area contributed by atoms with Gasteiger partial charge in [0.2, 0.25) is 0 Å². The Morgan fingerprint density at radius 2 is 2.10 bits per heavy atom. The summed E-state index contributed by atoms with van der Waals surface area (Å²) < 4.78 is 15.7. The summed E-state index contributed by atoms with van der Waals surface area (Å²) in [6.45, 7) is 1.18. The molecule has 0 saturated carbocycles. The molecule has 30 heavy (non-hydrogen) atoms. The topological polar surface area (TPSA) is 90.1 Å². The van der Waals surface area contributed by atoms with E-state index < -0.39 is 0 Å². The second-order valence-corrected chi connectivity index (χ2v) is 6.52. The summed E-state index contributed by atoms with van der Waals surface area (Å²) in [5.41, 5.74) is 2.20. The lowest BCUT2D eigenvalue weighted by molar-refractivity contribution is 0.298. The van der Waals surface area contributed by atoms with Crippen LogP contribution in [-0.2, 0) is 6.54 Å². The molecule has 0 aliphatic carbocycles. The molecule has 1 N–H and O–H groups in total. The molecule has 0 amide bonds. The van der Waals surface area contributed by atoms with Crippen LogP contribution in [0.15, 0.2) is 83.3 Å². The molecule has 0 fully saturated rings. The molecular formula is C21H18ClN5O3. The van der Waals surface area contributed by atoms with Crippen LogP contribution in [0.2, 0.25) is 0 Å². The summed E-state index contributed by atoms with van der Waals surface area (Å²) in [6, 6.07) is 11.0. The van der Waals surface area contributed by atoms with Crippen molar-refractivity contribution in [2.24, 2.45) is 5.16 Å². The largest absolute Gasteiger partial charge is 0.492 e. The summed E-state index contributed by atoms with van der Waals surface area (Å²) in [6.07, 6.45) is 10.9. The Labute approximate surface area is 177 Å². The second kappa shape index (κ2) is 8.30. The third kappa shape index (κ3) is 3.72. The Hall–Kier alpha value is -3.78. The minimum absolute atomic E-state index is 0. The minimum Gasteiger partial charge on any atom is -0.492 e. The van der Waals surface area contributed by atoms with Gasteiger partial charge in [-0.25, -0.2) is 9.97 Å². The molecule has 0 aliphatic rings. The molecule has 0 radical (unpaired) electrons. The molecule has 0 atom stereocenters. The van der Waals surface area contributed by atoms with Crippen LogP contribution in [0.5, 0.6) is 5.75 Å². The quantitative estimate of drug-likeness (QED) is 0.343. The lowest BCUT2D eigenvalue weighted by Gasteiger charge is -2.09. The molecule has 0 spiro atoms. The van der Waals surface area contributed by atoms with Gasteiger partial charge in [0.15, 0.2) is 5.76 Å². The van der Waals surface area contributed by atoms with Crippen molar-refractivity contribution in [3.63, 3.8) is 0 Å². The highest BCUT2D eigenvalue weighted by Gasteiger charge is 2.10. The van der Waals surface area contributed by atoms with Gasteiger partial charge in [-0.3, -0.25) is 0 Å². The predicted molar refractivity (Wildman–Crippen MR) is 113 cm³/mol. The van der Waals surface area contributed by atoms with Gasteiger partial charge in [0.25, 0.3) is 0 Å². The zero-order valence-corrected chi connectivity index (χ0v) is 16.6. The first kappa shape index (κ1) is 19.5. The van der Waals surface area contributed by atoms with Crippen molar-refractivity contribution < 1.29 is 14.4 Å². The van der Waals surface area contributed by atoms with Gasteiger partial charge in [-0.05, 0) is 30.3 Å². The molecule has 0 unspecified atom stereocenters. The molecule has 4 heterocycles. The Bertz CT molecular complexity index is 1360. The summed E-state index contributed by atoms with van der Waals surface area (Å²) in [4.78, 5) is 8.45. The fraction of sp³-hybridized carbons (Fsp3) is 0.0952. The number of hydrogen-bond acceptors (Lipinski definition) is 6. The number of aromatic nitrogens is 4. The van der Waals surface area contributed by atoms with Crippen molar-refractivity contribution in [3.8, 4) is 17.2 Å². The number of nitrogens with zero attached hydrogens (tertiary/aromatic N) is 5. The molecule has 0 bridgehead atoms. The van der Waals surface area contributed by atoms with Gasteiger partial charge in [-0.15, -0.1) is 12.4 Å². The molecule has 8 nitrogen and oxygen atoms in total. The van der Waals surface area contributed by atoms with E-state index in [9.17, 15) is 5.21 Å². The highest BCUT2D eigenvalue weighted by molar-refractivity contribution is 5.85. The molecule has 4 aromatic heterocycles. The Morgan fingerprint density at radius 3 is 2.93 bits per heavy atom. The molecule has 0 aliphatic heterocycles. The van der Waals surface area contributed by atoms with E-state index in [1.807, 2.05) is 45.8 Å². The number of fused-ring (bicyclic) bond motifs is 2. The van der Waals surface area contributed by atoms with E-state index in [-0.39, 0.29) is 12.4 Å². The SMILES string of the molecule is Cl.ON=c1cc(-c2cn3cccc3cn2)oc2ccc(OCCn3ccnc3)cc12. The van der Waals surface area contributed by atoms with Crippen LogP contribution in [0.4, 0.5) is 0 Å². The molecule has 152 valence electrons. The third-order valence-corrected chi connectivity index (χ3v) is 4.66. The molecule has 5 rings (SSSR count). The van der Waals surface area contributed by atoms with Crippen LogP contribution >= 0.6 is 12.4 Å². The fourth-order valence-electron chi connectivity index (χ4n) is 3.20. The smallest absolute Gasteiger partial charge is 0.156 e. The van der Waals surface area contributed by atoms with Crippen LogP contribution in [-0.4, -0.2) is 30.7 Å². The van der Waals surface area contributed by atoms with E-state index >= 15 is 0 Å². The molecular weight excluding hydrogens is 406 g/mol. The first-order valence-corrected chi connectivity index (χ1v) is 9.08. The maximum Gasteiger partial charge on any atom is 0.156 e. The Morgan fingerprint density at radius 1 is 1.17 bits per heavy atom. The van der Waals surface area contributed by atoms with Gasteiger partial charge < -0.3 is 23.3 Å². The third-order valence-electron chi connectivity index (χ3n) is 4.66. The van der Waals surface area contributed by atoms with E-state index in [4.69, 9.17) is 9.15 Å². The molecule has 1 aromatic carbocycles. The zero-order chi connectivity index (χ0) is 19.6. The van der Waals surface area contributed by atoms with E-state index in [0.717, 1.165) is 5.52 Å². The van der Waals surface area contributed by atoms with Crippen molar-refractivity contribution in [3.05, 3.63) is 79.1 Å². The summed E-state index contributed by atoms with van der Waals surface area (Å²) in [7, 11) is 0. The van der Waals surface area contributed by atoms with Crippen LogP contribution < -0.4 is 10.1 Å². The Balaban J connectivity index is 0.00000218. The van der Waals surface area contributed by atoms with Gasteiger partial charge in [-0.1, -0.05) is 5.16 Å². The molecule has 5 aromatic rings. The van der Waals surface area contributed by atoms with Gasteiger partial charge in [0.1, 0.15) is 29.0 Å². The maximum absolute atomic E-state index is 9.54. The van der Waals surface area contributed by atoms with Crippen LogP contribution in [0.25, 0.3) is 27.9 Å². The monoisotopic (exact) mass is 423 g/mol. The maximum atomic E-state index is 9.54. The zero-order valence-electron chi connectivity index (χ0n) is 15.8. The molecule has 9 heteroatoms. The number of halogens is 1. The van der Waals surface area contributed by atoms with Gasteiger partial charge in [0, 0.05) is 30.9 Å². The van der Waals surface area contributed by atoms with Gasteiger partial charge in [0.05, 0.1) is 30.0 Å². The molecule has 0 saturated heterocycles. The number of rotatable bonds is 5. The average molecular weight is 424 g/mol. The van der Waals surface area contributed by atoms with E-state index in [1.54, 1.807) is 36.9 Å². The average Bonchev–Trinajstić information content (AvgIpc) is 3.44. The van der Waals surface area contributed by atoms with Gasteiger partial charge in [-0.2, -0.15) is 0 Å². The lowest BCUT2D eigenvalue weighted by Crippen LogP contribution is -2.08. The second-order valence-electron chi connectivity index (χ2n) is 6.52. The van der Waals surface area contributed by atoms with Crippen molar-refractivity contribution in [1.82, 2.24) is 18.9 Å². The summed E-state index contributed by atoms with van der Waals surface area (Å²) in [5, 5.41) is 14.0. The van der Waals surface area contributed by atoms with Crippen LogP contribution in [0, 0.1) is 0 Å². The minimum atomic E-state index is 0. The van der Waals surface area contributed by atoms with Crippen molar-refractivity contribution in [2.45, 2.75) is 6.54 Å². The van der Waals surface area contributed by atoms with Crippen LogP contribution in [0.3, 0.4) is 0 Å².